The molecule has 0 saturated heterocycles. The van der Waals surface area contributed by atoms with E-state index in [9.17, 15) is 19.5 Å². The zero-order chi connectivity index (χ0) is 24.8. The van der Waals surface area contributed by atoms with Gasteiger partial charge < -0.3 is 20.5 Å². The molecule has 1 fully saturated rings. The van der Waals surface area contributed by atoms with Crippen LogP contribution in [0.15, 0.2) is 48.5 Å². The van der Waals surface area contributed by atoms with Gasteiger partial charge >= 0.3 is 12.1 Å². The van der Waals surface area contributed by atoms with Crippen LogP contribution in [-0.4, -0.2) is 41.8 Å². The third-order valence-corrected chi connectivity index (χ3v) is 7.27. The minimum Gasteiger partial charge on any atom is -0.481 e. The van der Waals surface area contributed by atoms with Crippen LogP contribution in [-0.2, 0) is 14.3 Å². The summed E-state index contributed by atoms with van der Waals surface area (Å²) in [7, 11) is 0. The summed E-state index contributed by atoms with van der Waals surface area (Å²) in [6, 6.07) is 15.6. The van der Waals surface area contributed by atoms with E-state index in [1.807, 2.05) is 31.2 Å². The highest BCUT2D eigenvalue weighted by Crippen LogP contribution is 2.44. The lowest BCUT2D eigenvalue weighted by Gasteiger charge is -2.24. The van der Waals surface area contributed by atoms with Crippen molar-refractivity contribution in [2.45, 2.75) is 69.9 Å². The molecule has 0 heterocycles. The molecule has 1 unspecified atom stereocenters. The van der Waals surface area contributed by atoms with Gasteiger partial charge in [-0.15, -0.1) is 0 Å². The molecular formula is C28H34N2O5. The maximum atomic E-state index is 12.7. The summed E-state index contributed by atoms with van der Waals surface area (Å²) >= 11 is 0. The average Bonchev–Trinajstić information content (AvgIpc) is 2.98. The molecule has 0 spiro atoms. The number of hydrogen-bond donors (Lipinski definition) is 3. The van der Waals surface area contributed by atoms with Crippen LogP contribution in [0.25, 0.3) is 11.1 Å². The molecule has 3 atom stereocenters. The van der Waals surface area contributed by atoms with Crippen LogP contribution in [0.5, 0.6) is 0 Å². The van der Waals surface area contributed by atoms with E-state index in [4.69, 9.17) is 4.74 Å². The molecule has 0 bridgehead atoms. The number of aliphatic carboxylic acids is 1. The number of carboxylic acid groups (broad SMARTS) is 1. The van der Waals surface area contributed by atoms with Crippen molar-refractivity contribution in [3.63, 3.8) is 0 Å². The largest absolute Gasteiger partial charge is 0.481 e. The Morgan fingerprint density at radius 2 is 1.60 bits per heavy atom. The first-order valence-electron chi connectivity index (χ1n) is 12.6. The Hall–Kier alpha value is -3.35. The van der Waals surface area contributed by atoms with E-state index in [0.717, 1.165) is 30.4 Å². The second kappa shape index (κ2) is 11.4. The molecule has 0 aliphatic heterocycles. The normalized spacial score (nSPS) is 20.1. The number of benzene rings is 2. The van der Waals surface area contributed by atoms with Gasteiger partial charge in [0.2, 0.25) is 5.91 Å². The number of carboxylic acids is 1. The SMILES string of the molecule is CCC(CC(=O)N[C@@H]1CCCCC[C@@H]1C(=O)O)NC(=O)OCC1c2ccccc2-c2ccccc21. The van der Waals surface area contributed by atoms with Gasteiger partial charge in [-0.1, -0.05) is 74.7 Å². The van der Waals surface area contributed by atoms with Crippen LogP contribution in [0.4, 0.5) is 4.79 Å². The summed E-state index contributed by atoms with van der Waals surface area (Å²) in [6.45, 7) is 2.11. The van der Waals surface area contributed by atoms with Crippen LogP contribution in [0.1, 0.15) is 68.9 Å². The number of hydrogen-bond acceptors (Lipinski definition) is 4. The third-order valence-electron chi connectivity index (χ3n) is 7.27. The molecule has 2 aliphatic carbocycles. The van der Waals surface area contributed by atoms with Crippen LogP contribution >= 0.6 is 0 Å². The summed E-state index contributed by atoms with van der Waals surface area (Å²) in [5.74, 6) is -1.69. The maximum Gasteiger partial charge on any atom is 0.407 e. The molecule has 2 aromatic carbocycles. The van der Waals surface area contributed by atoms with Crippen LogP contribution in [0.3, 0.4) is 0 Å². The van der Waals surface area contributed by atoms with Gasteiger partial charge in [-0.2, -0.15) is 0 Å². The minimum atomic E-state index is -0.860. The predicted octanol–water partition coefficient (Wildman–Crippen LogP) is 4.84. The van der Waals surface area contributed by atoms with Crippen molar-refractivity contribution in [3.8, 4) is 11.1 Å². The maximum absolute atomic E-state index is 12.7. The van der Waals surface area contributed by atoms with Crippen molar-refractivity contribution in [1.82, 2.24) is 10.6 Å². The van der Waals surface area contributed by atoms with Gasteiger partial charge in [0, 0.05) is 24.4 Å². The summed E-state index contributed by atoms with van der Waals surface area (Å²) in [4.78, 5) is 36.9. The van der Waals surface area contributed by atoms with E-state index in [1.165, 1.54) is 11.1 Å². The summed E-state index contributed by atoms with van der Waals surface area (Å²) < 4.78 is 5.61. The van der Waals surface area contributed by atoms with E-state index >= 15 is 0 Å². The first kappa shape index (κ1) is 24.8. The highest BCUT2D eigenvalue weighted by Gasteiger charge is 2.32. The smallest absolute Gasteiger partial charge is 0.407 e. The van der Waals surface area contributed by atoms with E-state index < -0.39 is 18.0 Å². The van der Waals surface area contributed by atoms with Crippen molar-refractivity contribution in [1.29, 1.82) is 0 Å². The zero-order valence-electron chi connectivity index (χ0n) is 20.2. The molecule has 0 aromatic heterocycles. The van der Waals surface area contributed by atoms with Crippen LogP contribution in [0, 0.1) is 5.92 Å². The number of alkyl carbamates (subject to hydrolysis) is 1. The summed E-state index contributed by atoms with van der Waals surface area (Å²) in [5.41, 5.74) is 4.62. The molecular weight excluding hydrogens is 444 g/mol. The second-order valence-electron chi connectivity index (χ2n) is 9.54. The highest BCUT2D eigenvalue weighted by atomic mass is 16.5. The standard InChI is InChI=1S/C28H34N2O5/c1-2-18(16-26(31)30-25-15-5-3-4-14-23(25)27(32)33)29-28(34)35-17-24-21-12-8-6-10-19(21)20-11-7-9-13-22(20)24/h6-13,18,23-25H,2-5,14-17H2,1H3,(H,29,34)(H,30,31)(H,32,33)/t18?,23-,25+/m0/s1. The fourth-order valence-electron chi connectivity index (χ4n) is 5.37. The van der Waals surface area contributed by atoms with Gasteiger partial charge in [0.25, 0.3) is 0 Å². The van der Waals surface area contributed by atoms with Gasteiger partial charge in [-0.05, 0) is 41.5 Å². The summed E-state index contributed by atoms with van der Waals surface area (Å²) in [5, 5.41) is 15.3. The van der Waals surface area contributed by atoms with Gasteiger partial charge in [0.15, 0.2) is 0 Å². The fourth-order valence-corrected chi connectivity index (χ4v) is 5.37. The molecule has 2 aliphatic rings. The monoisotopic (exact) mass is 478 g/mol. The number of rotatable bonds is 8. The first-order valence-corrected chi connectivity index (χ1v) is 12.6. The molecule has 2 amide bonds. The predicted molar refractivity (Wildman–Crippen MR) is 133 cm³/mol. The van der Waals surface area contributed by atoms with Gasteiger partial charge in [0.05, 0.1) is 5.92 Å². The number of carbonyl (C=O) groups excluding carboxylic acids is 2. The van der Waals surface area contributed by atoms with Crippen LogP contribution < -0.4 is 10.6 Å². The van der Waals surface area contributed by atoms with Crippen molar-refractivity contribution in [3.05, 3.63) is 59.7 Å². The lowest BCUT2D eigenvalue weighted by Crippen LogP contribution is -2.45. The molecule has 1 saturated carbocycles. The Bertz CT molecular complexity index is 1020. The Kier molecular flexibility index (Phi) is 8.06. The quantitative estimate of drug-likeness (QED) is 0.471. The minimum absolute atomic E-state index is 0.0280. The summed E-state index contributed by atoms with van der Waals surface area (Å²) in [6.07, 6.45) is 4.10. The molecule has 2 aromatic rings. The van der Waals surface area contributed by atoms with Gasteiger partial charge in [-0.3, -0.25) is 9.59 Å². The van der Waals surface area contributed by atoms with E-state index in [1.54, 1.807) is 0 Å². The van der Waals surface area contributed by atoms with Crippen molar-refractivity contribution >= 4 is 18.0 Å². The number of fused-ring (bicyclic) bond motifs is 3. The lowest BCUT2D eigenvalue weighted by molar-refractivity contribution is -0.143. The number of carbonyl (C=O) groups is 3. The Morgan fingerprint density at radius 1 is 0.971 bits per heavy atom. The molecule has 186 valence electrons. The first-order chi connectivity index (χ1) is 17.0. The Morgan fingerprint density at radius 3 is 2.23 bits per heavy atom. The average molecular weight is 479 g/mol. The van der Waals surface area contributed by atoms with Crippen molar-refractivity contribution < 1.29 is 24.2 Å². The topological polar surface area (TPSA) is 105 Å². The van der Waals surface area contributed by atoms with Gasteiger partial charge in [0.1, 0.15) is 6.61 Å². The molecule has 35 heavy (non-hydrogen) atoms. The van der Waals surface area contributed by atoms with E-state index in [-0.39, 0.29) is 36.9 Å². The number of ether oxygens (including phenoxy) is 1. The fraction of sp³-hybridized carbons (Fsp3) is 0.464. The highest BCUT2D eigenvalue weighted by molar-refractivity contribution is 5.80. The van der Waals surface area contributed by atoms with Crippen molar-refractivity contribution in [2.75, 3.05) is 6.61 Å². The molecule has 3 N–H and O–H groups in total. The van der Waals surface area contributed by atoms with Crippen molar-refractivity contribution in [2.24, 2.45) is 5.92 Å². The van der Waals surface area contributed by atoms with Gasteiger partial charge in [-0.25, -0.2) is 4.79 Å². The Labute approximate surface area is 206 Å². The number of nitrogens with one attached hydrogen (secondary N) is 2. The molecule has 7 heteroatoms. The Balaban J connectivity index is 1.31. The zero-order valence-corrected chi connectivity index (χ0v) is 20.2. The lowest BCUT2D eigenvalue weighted by atomic mass is 9.94. The molecule has 7 nitrogen and oxygen atoms in total. The molecule has 4 rings (SSSR count). The second-order valence-corrected chi connectivity index (χ2v) is 9.54. The van der Waals surface area contributed by atoms with E-state index in [0.29, 0.717) is 19.3 Å². The molecule has 0 radical (unpaired) electrons. The van der Waals surface area contributed by atoms with Crippen LogP contribution in [0.2, 0.25) is 0 Å². The third kappa shape index (κ3) is 5.84. The number of amides is 2. The van der Waals surface area contributed by atoms with E-state index in [2.05, 4.69) is 34.9 Å².